The maximum absolute atomic E-state index is 12.7. The van der Waals surface area contributed by atoms with Crippen LogP contribution in [0, 0.1) is 0 Å². The van der Waals surface area contributed by atoms with Crippen molar-refractivity contribution in [2.75, 3.05) is 24.5 Å². The summed E-state index contributed by atoms with van der Waals surface area (Å²) in [7, 11) is 0. The van der Waals surface area contributed by atoms with Crippen molar-refractivity contribution in [2.45, 2.75) is 19.3 Å². The summed E-state index contributed by atoms with van der Waals surface area (Å²) in [6.07, 6.45) is 5.84. The Morgan fingerprint density at radius 3 is 2.54 bits per heavy atom. The van der Waals surface area contributed by atoms with E-state index in [1.54, 1.807) is 18.3 Å². The molecule has 2 aliphatic rings. The molecule has 5 heteroatoms. The number of likely N-dealkylation sites (tertiary alicyclic amines) is 1. The van der Waals surface area contributed by atoms with Gasteiger partial charge in [-0.3, -0.25) is 9.59 Å². The number of carbonyl (C=O) groups excluding carboxylic acids is 2. The van der Waals surface area contributed by atoms with Crippen molar-refractivity contribution in [3.63, 3.8) is 0 Å². The van der Waals surface area contributed by atoms with E-state index in [2.05, 4.69) is 16.5 Å². The highest BCUT2D eigenvalue weighted by Gasteiger charge is 2.27. The van der Waals surface area contributed by atoms with E-state index in [1.165, 1.54) is 6.42 Å². The second-order valence-corrected chi connectivity index (χ2v) is 6.85. The first-order valence-corrected chi connectivity index (χ1v) is 8.97. The molecule has 4 rings (SSSR count). The van der Waals surface area contributed by atoms with Gasteiger partial charge >= 0.3 is 0 Å². The lowest BCUT2D eigenvalue weighted by molar-refractivity contribution is 0.0724. The summed E-state index contributed by atoms with van der Waals surface area (Å²) in [5.41, 5.74) is 4.10. The lowest BCUT2D eigenvalue weighted by Crippen LogP contribution is -2.35. The highest BCUT2D eigenvalue weighted by molar-refractivity contribution is 5.97. The Bertz CT molecular complexity index is 867. The molecule has 3 heterocycles. The van der Waals surface area contributed by atoms with Crippen LogP contribution in [0.25, 0.3) is 5.57 Å². The van der Waals surface area contributed by atoms with Crippen molar-refractivity contribution in [3.8, 4) is 0 Å². The van der Waals surface area contributed by atoms with E-state index < -0.39 is 0 Å². The van der Waals surface area contributed by atoms with E-state index in [0.717, 1.165) is 54.9 Å². The highest BCUT2D eigenvalue weighted by atomic mass is 16.2. The number of nitrogens with zero attached hydrogens (tertiary/aromatic N) is 3. The molecule has 0 unspecified atom stereocenters. The van der Waals surface area contributed by atoms with Gasteiger partial charge in [-0.15, -0.1) is 0 Å². The number of piperidine rings is 1. The standard InChI is InChI=1S/C21H21N3O2/c1-15-13-24(18-7-5-16(14-25)6-8-18)20-19(15)11-17(12-22-20)21(26)23-9-3-2-4-10-23/h5-8,11-12,14H,1-4,9-10,13H2. The molecular weight excluding hydrogens is 326 g/mol. The fraction of sp³-hybridized carbons (Fsp3) is 0.286. The molecule has 1 fully saturated rings. The van der Waals surface area contributed by atoms with Gasteiger partial charge in [-0.1, -0.05) is 6.58 Å². The van der Waals surface area contributed by atoms with Gasteiger partial charge in [0, 0.05) is 42.6 Å². The van der Waals surface area contributed by atoms with Gasteiger partial charge in [0.1, 0.15) is 12.1 Å². The molecule has 2 aromatic rings. The van der Waals surface area contributed by atoms with Crippen LogP contribution in [0.3, 0.4) is 0 Å². The number of benzene rings is 1. The minimum atomic E-state index is 0.0570. The van der Waals surface area contributed by atoms with Crippen molar-refractivity contribution in [3.05, 3.63) is 59.8 Å². The molecule has 5 nitrogen and oxygen atoms in total. The third kappa shape index (κ3) is 2.90. The van der Waals surface area contributed by atoms with Gasteiger partial charge in [-0.05, 0) is 55.2 Å². The zero-order valence-corrected chi connectivity index (χ0v) is 14.6. The lowest BCUT2D eigenvalue weighted by Gasteiger charge is -2.26. The number of aldehydes is 1. The molecule has 0 saturated carbocycles. The molecule has 0 N–H and O–H groups in total. The topological polar surface area (TPSA) is 53.5 Å². The van der Waals surface area contributed by atoms with Crippen LogP contribution >= 0.6 is 0 Å². The number of rotatable bonds is 3. The smallest absolute Gasteiger partial charge is 0.255 e. The van der Waals surface area contributed by atoms with E-state index >= 15 is 0 Å². The van der Waals surface area contributed by atoms with Crippen LogP contribution < -0.4 is 4.90 Å². The zero-order chi connectivity index (χ0) is 18.1. The first kappa shape index (κ1) is 16.5. The number of aromatic nitrogens is 1. The van der Waals surface area contributed by atoms with Crippen LogP contribution in [-0.2, 0) is 0 Å². The molecule has 0 bridgehead atoms. The largest absolute Gasteiger partial charge is 0.339 e. The Morgan fingerprint density at radius 1 is 1.12 bits per heavy atom. The SMILES string of the molecule is C=C1CN(c2ccc(C=O)cc2)c2ncc(C(=O)N3CCCCC3)cc21. The zero-order valence-electron chi connectivity index (χ0n) is 14.6. The highest BCUT2D eigenvalue weighted by Crippen LogP contribution is 2.38. The monoisotopic (exact) mass is 347 g/mol. The Kier molecular flexibility index (Phi) is 4.29. The molecule has 1 aromatic carbocycles. The van der Waals surface area contributed by atoms with Gasteiger partial charge < -0.3 is 9.80 Å². The van der Waals surface area contributed by atoms with Gasteiger partial charge in [0.2, 0.25) is 0 Å². The van der Waals surface area contributed by atoms with Crippen molar-refractivity contribution in [1.29, 1.82) is 0 Å². The molecule has 2 aliphatic heterocycles. The van der Waals surface area contributed by atoms with Crippen LogP contribution in [0.5, 0.6) is 0 Å². The van der Waals surface area contributed by atoms with Gasteiger partial charge in [0.15, 0.2) is 0 Å². The predicted molar refractivity (Wildman–Crippen MR) is 102 cm³/mol. The van der Waals surface area contributed by atoms with Gasteiger partial charge in [-0.25, -0.2) is 4.98 Å². The van der Waals surface area contributed by atoms with Crippen LogP contribution in [0.4, 0.5) is 11.5 Å². The lowest BCUT2D eigenvalue weighted by atomic mass is 10.1. The third-order valence-electron chi connectivity index (χ3n) is 5.08. The fourth-order valence-electron chi connectivity index (χ4n) is 3.63. The van der Waals surface area contributed by atoms with E-state index in [1.807, 2.05) is 23.1 Å². The molecule has 0 spiro atoms. The third-order valence-corrected chi connectivity index (χ3v) is 5.08. The normalized spacial score (nSPS) is 16.5. The van der Waals surface area contributed by atoms with E-state index in [-0.39, 0.29) is 5.91 Å². The number of anilines is 2. The molecule has 0 aliphatic carbocycles. The number of fused-ring (bicyclic) bond motifs is 1. The Hall–Kier alpha value is -2.95. The maximum Gasteiger partial charge on any atom is 0.255 e. The van der Waals surface area contributed by atoms with Crippen LogP contribution in [0.2, 0.25) is 0 Å². The summed E-state index contributed by atoms with van der Waals surface area (Å²) in [5.74, 6) is 0.866. The minimum absolute atomic E-state index is 0.0570. The van der Waals surface area contributed by atoms with E-state index in [4.69, 9.17) is 0 Å². The molecule has 0 atom stereocenters. The van der Waals surface area contributed by atoms with Crippen molar-refractivity contribution < 1.29 is 9.59 Å². The number of pyridine rings is 1. The Balaban J connectivity index is 1.63. The second kappa shape index (κ2) is 6.75. The number of hydrogen-bond donors (Lipinski definition) is 0. The average Bonchev–Trinajstić information content (AvgIpc) is 3.04. The summed E-state index contributed by atoms with van der Waals surface area (Å²) in [5, 5.41) is 0. The number of amides is 1. The first-order chi connectivity index (χ1) is 12.7. The molecule has 1 amide bonds. The fourth-order valence-corrected chi connectivity index (χ4v) is 3.63. The summed E-state index contributed by atoms with van der Waals surface area (Å²) in [6, 6.07) is 9.30. The summed E-state index contributed by atoms with van der Waals surface area (Å²) in [4.78, 5) is 32.1. The molecule has 132 valence electrons. The summed E-state index contributed by atoms with van der Waals surface area (Å²) in [6.45, 7) is 6.44. The molecular formula is C21H21N3O2. The maximum atomic E-state index is 12.7. The van der Waals surface area contributed by atoms with Gasteiger partial charge in [-0.2, -0.15) is 0 Å². The van der Waals surface area contributed by atoms with Gasteiger partial charge in [0.05, 0.1) is 5.56 Å². The number of hydrogen-bond acceptors (Lipinski definition) is 4. The predicted octanol–water partition coefficient (Wildman–Crippen LogP) is 3.69. The van der Waals surface area contributed by atoms with E-state index in [0.29, 0.717) is 17.7 Å². The molecule has 0 radical (unpaired) electrons. The summed E-state index contributed by atoms with van der Waals surface area (Å²) >= 11 is 0. The van der Waals surface area contributed by atoms with Crippen LogP contribution in [-0.4, -0.2) is 41.7 Å². The van der Waals surface area contributed by atoms with Crippen LogP contribution in [0.15, 0.2) is 43.1 Å². The van der Waals surface area contributed by atoms with Crippen molar-refractivity contribution in [1.82, 2.24) is 9.88 Å². The second-order valence-electron chi connectivity index (χ2n) is 6.85. The Morgan fingerprint density at radius 2 is 1.85 bits per heavy atom. The van der Waals surface area contributed by atoms with Crippen LogP contribution in [0.1, 0.15) is 45.5 Å². The van der Waals surface area contributed by atoms with Gasteiger partial charge in [0.25, 0.3) is 5.91 Å². The first-order valence-electron chi connectivity index (χ1n) is 8.97. The van der Waals surface area contributed by atoms with Crippen molar-refractivity contribution in [2.24, 2.45) is 0 Å². The summed E-state index contributed by atoms with van der Waals surface area (Å²) < 4.78 is 0. The average molecular weight is 347 g/mol. The van der Waals surface area contributed by atoms with E-state index in [9.17, 15) is 9.59 Å². The Labute approximate surface area is 152 Å². The quantitative estimate of drug-likeness (QED) is 0.795. The molecule has 1 aromatic heterocycles. The number of carbonyl (C=O) groups is 2. The van der Waals surface area contributed by atoms with Crippen molar-refractivity contribution >= 4 is 29.3 Å². The molecule has 1 saturated heterocycles. The molecule has 26 heavy (non-hydrogen) atoms. The minimum Gasteiger partial charge on any atom is -0.339 e.